The molecule has 0 unspecified atom stereocenters. The standard InChI is InChI=1S/C44H26O2/c1-2-13-27(14-3-1)28-25-26-39-43(34-20-9-11-23-37(34)46-39)44(28)42-31-17-6-4-15-29(31)40(30-16-5-7-18-32(30)42)35-21-12-24-38-41(35)33-19-8-10-22-36(33)45-38/h1-26H. The van der Waals surface area contributed by atoms with Crippen LogP contribution in [0.2, 0.25) is 0 Å². The predicted octanol–water partition coefficient (Wildman–Crippen LogP) is 12.8. The summed E-state index contributed by atoms with van der Waals surface area (Å²) in [5, 5.41) is 9.36. The molecule has 2 heteroatoms. The molecule has 8 aromatic carbocycles. The maximum absolute atomic E-state index is 6.49. The van der Waals surface area contributed by atoms with Gasteiger partial charge in [-0.15, -0.1) is 0 Å². The number of para-hydroxylation sites is 2. The van der Waals surface area contributed by atoms with E-state index in [-0.39, 0.29) is 0 Å². The van der Waals surface area contributed by atoms with Crippen LogP contribution in [0.4, 0.5) is 0 Å². The Bertz CT molecular complexity index is 2740. The summed E-state index contributed by atoms with van der Waals surface area (Å²) in [6, 6.07) is 56.0. The Kier molecular flexibility index (Phi) is 5.31. The average Bonchev–Trinajstić information content (AvgIpc) is 3.69. The van der Waals surface area contributed by atoms with Gasteiger partial charge in [0.05, 0.1) is 0 Å². The van der Waals surface area contributed by atoms with E-state index in [9.17, 15) is 0 Å². The van der Waals surface area contributed by atoms with Gasteiger partial charge in [-0.2, -0.15) is 0 Å². The predicted molar refractivity (Wildman–Crippen MR) is 192 cm³/mol. The minimum absolute atomic E-state index is 0.891. The van der Waals surface area contributed by atoms with Gasteiger partial charge in [0.25, 0.3) is 0 Å². The highest BCUT2D eigenvalue weighted by molar-refractivity contribution is 6.29. The van der Waals surface area contributed by atoms with Crippen molar-refractivity contribution in [3.05, 3.63) is 158 Å². The molecule has 2 heterocycles. The van der Waals surface area contributed by atoms with Crippen molar-refractivity contribution in [2.24, 2.45) is 0 Å². The van der Waals surface area contributed by atoms with Crippen LogP contribution in [0, 0.1) is 0 Å². The maximum Gasteiger partial charge on any atom is 0.136 e. The highest BCUT2D eigenvalue weighted by Crippen LogP contribution is 2.51. The van der Waals surface area contributed by atoms with Crippen molar-refractivity contribution in [1.82, 2.24) is 0 Å². The Morgan fingerprint density at radius 3 is 1.37 bits per heavy atom. The molecule has 46 heavy (non-hydrogen) atoms. The van der Waals surface area contributed by atoms with Gasteiger partial charge in [-0.3, -0.25) is 0 Å². The summed E-state index contributed by atoms with van der Waals surface area (Å²) in [6.45, 7) is 0. The minimum atomic E-state index is 0.891. The highest BCUT2D eigenvalue weighted by atomic mass is 16.3. The van der Waals surface area contributed by atoms with Crippen LogP contribution < -0.4 is 0 Å². The molecule has 2 aromatic heterocycles. The van der Waals surface area contributed by atoms with Crippen molar-refractivity contribution >= 4 is 65.4 Å². The average molecular weight is 587 g/mol. The lowest BCUT2D eigenvalue weighted by atomic mass is 9.82. The van der Waals surface area contributed by atoms with Gasteiger partial charge in [0.15, 0.2) is 0 Å². The number of hydrogen-bond donors (Lipinski definition) is 0. The fourth-order valence-corrected chi connectivity index (χ4v) is 7.61. The van der Waals surface area contributed by atoms with Crippen molar-refractivity contribution in [3.8, 4) is 33.4 Å². The van der Waals surface area contributed by atoms with Crippen molar-refractivity contribution in [3.63, 3.8) is 0 Å². The van der Waals surface area contributed by atoms with Crippen molar-refractivity contribution in [1.29, 1.82) is 0 Å². The Morgan fingerprint density at radius 2 is 0.739 bits per heavy atom. The largest absolute Gasteiger partial charge is 0.456 e. The summed E-state index contributed by atoms with van der Waals surface area (Å²) >= 11 is 0. The lowest BCUT2D eigenvalue weighted by Gasteiger charge is -2.20. The van der Waals surface area contributed by atoms with Crippen LogP contribution >= 0.6 is 0 Å². The summed E-state index contributed by atoms with van der Waals surface area (Å²) in [6.07, 6.45) is 0. The Hall–Kier alpha value is -6.12. The van der Waals surface area contributed by atoms with E-state index < -0.39 is 0 Å². The normalized spacial score (nSPS) is 11.9. The zero-order chi connectivity index (χ0) is 30.2. The van der Waals surface area contributed by atoms with E-state index in [4.69, 9.17) is 8.83 Å². The van der Waals surface area contributed by atoms with E-state index >= 15 is 0 Å². The van der Waals surface area contributed by atoms with E-state index in [1.165, 1.54) is 54.9 Å². The van der Waals surface area contributed by atoms with E-state index in [1.54, 1.807) is 0 Å². The van der Waals surface area contributed by atoms with E-state index in [0.717, 1.165) is 43.9 Å². The van der Waals surface area contributed by atoms with Gasteiger partial charge >= 0.3 is 0 Å². The van der Waals surface area contributed by atoms with Crippen molar-refractivity contribution in [2.45, 2.75) is 0 Å². The Morgan fingerprint density at radius 1 is 0.261 bits per heavy atom. The first-order valence-corrected chi connectivity index (χ1v) is 15.7. The molecule has 0 spiro atoms. The molecule has 10 aromatic rings. The van der Waals surface area contributed by atoms with Crippen LogP contribution in [0.1, 0.15) is 0 Å². The topological polar surface area (TPSA) is 26.3 Å². The second-order valence-electron chi connectivity index (χ2n) is 11.9. The third-order valence-corrected chi connectivity index (χ3v) is 9.48. The molecule has 0 atom stereocenters. The Labute approximate surface area is 264 Å². The fourth-order valence-electron chi connectivity index (χ4n) is 7.61. The molecule has 0 saturated carbocycles. The van der Waals surface area contributed by atoms with Crippen LogP contribution in [0.15, 0.2) is 167 Å². The number of benzene rings is 8. The van der Waals surface area contributed by atoms with Crippen LogP contribution in [0.25, 0.3) is 98.8 Å². The molecule has 10 rings (SSSR count). The minimum Gasteiger partial charge on any atom is -0.456 e. The number of rotatable bonds is 3. The molecule has 0 fully saturated rings. The molecule has 0 aliphatic heterocycles. The third-order valence-electron chi connectivity index (χ3n) is 9.48. The Balaban J connectivity index is 1.43. The quantitative estimate of drug-likeness (QED) is 0.193. The molecule has 0 N–H and O–H groups in total. The molecule has 0 saturated heterocycles. The maximum atomic E-state index is 6.49. The van der Waals surface area contributed by atoms with E-state index in [0.29, 0.717) is 0 Å². The van der Waals surface area contributed by atoms with Crippen LogP contribution in [-0.2, 0) is 0 Å². The molecular weight excluding hydrogens is 560 g/mol. The SMILES string of the molecule is c1ccc(-c2ccc3oc4ccccc4c3c2-c2c3ccccc3c(-c3cccc4oc5ccccc5c34)c3ccccc23)cc1. The van der Waals surface area contributed by atoms with E-state index in [1.807, 2.05) is 12.1 Å². The molecule has 0 aliphatic rings. The summed E-state index contributed by atoms with van der Waals surface area (Å²) in [7, 11) is 0. The number of hydrogen-bond acceptors (Lipinski definition) is 2. The first-order valence-electron chi connectivity index (χ1n) is 15.7. The zero-order valence-electron chi connectivity index (χ0n) is 24.8. The van der Waals surface area contributed by atoms with Gasteiger partial charge in [-0.25, -0.2) is 0 Å². The second-order valence-corrected chi connectivity index (χ2v) is 11.9. The molecular formula is C44H26O2. The monoisotopic (exact) mass is 586 g/mol. The van der Waals surface area contributed by atoms with Gasteiger partial charge < -0.3 is 8.83 Å². The number of furan rings is 2. The molecule has 0 aliphatic carbocycles. The van der Waals surface area contributed by atoms with Crippen LogP contribution in [0.3, 0.4) is 0 Å². The van der Waals surface area contributed by atoms with Crippen LogP contribution in [-0.4, -0.2) is 0 Å². The first-order chi connectivity index (χ1) is 22.8. The number of fused-ring (bicyclic) bond motifs is 8. The van der Waals surface area contributed by atoms with Gasteiger partial charge in [0, 0.05) is 27.1 Å². The first kappa shape index (κ1) is 25.2. The van der Waals surface area contributed by atoms with Gasteiger partial charge in [-0.1, -0.05) is 133 Å². The lowest BCUT2D eigenvalue weighted by Crippen LogP contribution is -1.94. The smallest absolute Gasteiger partial charge is 0.136 e. The van der Waals surface area contributed by atoms with Crippen molar-refractivity contribution < 1.29 is 8.83 Å². The summed E-state index contributed by atoms with van der Waals surface area (Å²) in [5.41, 5.74) is 10.8. The van der Waals surface area contributed by atoms with Gasteiger partial charge in [-0.05, 0) is 73.6 Å². The molecule has 0 bridgehead atoms. The zero-order valence-corrected chi connectivity index (χ0v) is 24.8. The summed E-state index contributed by atoms with van der Waals surface area (Å²) < 4.78 is 12.9. The van der Waals surface area contributed by atoms with Crippen molar-refractivity contribution in [2.75, 3.05) is 0 Å². The highest BCUT2D eigenvalue weighted by Gasteiger charge is 2.24. The fraction of sp³-hybridized carbons (Fsp3) is 0. The molecule has 2 nitrogen and oxygen atoms in total. The summed E-state index contributed by atoms with van der Waals surface area (Å²) in [5.74, 6) is 0. The summed E-state index contributed by atoms with van der Waals surface area (Å²) in [4.78, 5) is 0. The van der Waals surface area contributed by atoms with Gasteiger partial charge in [0.2, 0.25) is 0 Å². The molecule has 0 amide bonds. The third kappa shape index (κ3) is 3.53. The van der Waals surface area contributed by atoms with Crippen LogP contribution in [0.5, 0.6) is 0 Å². The van der Waals surface area contributed by atoms with E-state index in [2.05, 4.69) is 146 Å². The molecule has 0 radical (unpaired) electrons. The molecule has 214 valence electrons. The lowest BCUT2D eigenvalue weighted by molar-refractivity contribution is 0.668. The second kappa shape index (κ2) is 9.69. The van der Waals surface area contributed by atoms with Gasteiger partial charge in [0.1, 0.15) is 22.3 Å².